The van der Waals surface area contributed by atoms with Crippen molar-refractivity contribution >= 4 is 5.91 Å². The van der Waals surface area contributed by atoms with Gasteiger partial charge in [0, 0.05) is 25.0 Å². The van der Waals surface area contributed by atoms with E-state index in [1.165, 1.54) is 0 Å². The SMILES string of the molecule is O=C(Cc1ccc(-n2cccn2)cc1)NC1CCNC1. The highest BCUT2D eigenvalue weighted by atomic mass is 16.1. The van der Waals surface area contributed by atoms with E-state index in [4.69, 9.17) is 0 Å². The molecule has 5 heteroatoms. The van der Waals surface area contributed by atoms with Gasteiger partial charge in [0.1, 0.15) is 0 Å². The smallest absolute Gasteiger partial charge is 0.224 e. The summed E-state index contributed by atoms with van der Waals surface area (Å²) in [5, 5.41) is 10.5. The fraction of sp³-hybridized carbons (Fsp3) is 0.333. The summed E-state index contributed by atoms with van der Waals surface area (Å²) >= 11 is 0. The molecule has 2 N–H and O–H groups in total. The van der Waals surface area contributed by atoms with Crippen molar-refractivity contribution in [3.8, 4) is 5.69 Å². The summed E-state index contributed by atoms with van der Waals surface area (Å²) in [5.74, 6) is 0.0885. The minimum absolute atomic E-state index is 0.0885. The van der Waals surface area contributed by atoms with Crippen molar-refractivity contribution < 1.29 is 4.79 Å². The first-order valence-electron chi connectivity index (χ1n) is 6.90. The Balaban J connectivity index is 1.59. The number of aromatic nitrogens is 2. The molecule has 1 amide bonds. The molecule has 0 aliphatic carbocycles. The molecular weight excluding hydrogens is 252 g/mol. The molecule has 1 unspecified atom stereocenters. The molecule has 2 heterocycles. The largest absolute Gasteiger partial charge is 0.352 e. The predicted octanol–water partition coefficient (Wildman–Crippen LogP) is 0.893. The maximum absolute atomic E-state index is 11.9. The lowest BCUT2D eigenvalue weighted by atomic mass is 10.1. The number of carbonyl (C=O) groups excluding carboxylic acids is 1. The molecule has 1 aromatic heterocycles. The van der Waals surface area contributed by atoms with Gasteiger partial charge in [-0.15, -0.1) is 0 Å². The summed E-state index contributed by atoms with van der Waals surface area (Å²) < 4.78 is 1.80. The van der Waals surface area contributed by atoms with Crippen LogP contribution >= 0.6 is 0 Å². The molecule has 5 nitrogen and oxygen atoms in total. The van der Waals surface area contributed by atoms with Crippen molar-refractivity contribution in [3.63, 3.8) is 0 Å². The van der Waals surface area contributed by atoms with Gasteiger partial charge in [-0.05, 0) is 36.7 Å². The van der Waals surface area contributed by atoms with Crippen LogP contribution in [0.2, 0.25) is 0 Å². The van der Waals surface area contributed by atoms with Crippen molar-refractivity contribution in [2.75, 3.05) is 13.1 Å². The van der Waals surface area contributed by atoms with Crippen LogP contribution < -0.4 is 10.6 Å². The van der Waals surface area contributed by atoms with Crippen LogP contribution in [-0.2, 0) is 11.2 Å². The van der Waals surface area contributed by atoms with Gasteiger partial charge in [-0.3, -0.25) is 4.79 Å². The number of hydrogen-bond donors (Lipinski definition) is 2. The average Bonchev–Trinajstić information content (AvgIpc) is 3.12. The first kappa shape index (κ1) is 12.9. The third-order valence-electron chi connectivity index (χ3n) is 3.50. The second kappa shape index (κ2) is 5.88. The van der Waals surface area contributed by atoms with Crippen LogP contribution in [0.3, 0.4) is 0 Å². The Kier molecular flexibility index (Phi) is 3.78. The van der Waals surface area contributed by atoms with Crippen LogP contribution in [0.25, 0.3) is 5.69 Å². The highest BCUT2D eigenvalue weighted by Gasteiger charge is 2.16. The number of amides is 1. The van der Waals surface area contributed by atoms with Crippen LogP contribution in [0.1, 0.15) is 12.0 Å². The van der Waals surface area contributed by atoms with E-state index >= 15 is 0 Å². The molecule has 0 radical (unpaired) electrons. The maximum Gasteiger partial charge on any atom is 0.224 e. The van der Waals surface area contributed by atoms with Crippen LogP contribution in [-0.4, -0.2) is 34.8 Å². The van der Waals surface area contributed by atoms with Crippen molar-refractivity contribution in [2.24, 2.45) is 0 Å². The normalized spacial score (nSPS) is 18.1. The Labute approximate surface area is 118 Å². The molecule has 1 aliphatic rings. The Morgan fingerprint density at radius 3 is 2.90 bits per heavy atom. The molecule has 0 bridgehead atoms. The van der Waals surface area contributed by atoms with Crippen LogP contribution in [0, 0.1) is 0 Å². The van der Waals surface area contributed by atoms with Crippen molar-refractivity contribution in [2.45, 2.75) is 18.9 Å². The summed E-state index contributed by atoms with van der Waals surface area (Å²) in [7, 11) is 0. The molecular formula is C15H18N4O. The van der Waals surface area contributed by atoms with E-state index in [2.05, 4.69) is 15.7 Å². The Hall–Kier alpha value is -2.14. The topological polar surface area (TPSA) is 59.0 Å². The Morgan fingerprint density at radius 2 is 2.25 bits per heavy atom. The van der Waals surface area contributed by atoms with E-state index in [0.29, 0.717) is 6.42 Å². The number of hydrogen-bond acceptors (Lipinski definition) is 3. The van der Waals surface area contributed by atoms with Gasteiger partial charge in [-0.2, -0.15) is 5.10 Å². The molecule has 1 aliphatic heterocycles. The summed E-state index contributed by atoms with van der Waals surface area (Å²) in [4.78, 5) is 11.9. The van der Waals surface area contributed by atoms with Gasteiger partial charge in [-0.1, -0.05) is 12.1 Å². The fourth-order valence-corrected chi connectivity index (χ4v) is 2.43. The maximum atomic E-state index is 11.9. The zero-order chi connectivity index (χ0) is 13.8. The Morgan fingerprint density at radius 1 is 1.40 bits per heavy atom. The van der Waals surface area contributed by atoms with Gasteiger partial charge in [0.2, 0.25) is 5.91 Å². The lowest BCUT2D eigenvalue weighted by Gasteiger charge is -2.11. The van der Waals surface area contributed by atoms with Gasteiger partial charge in [0.25, 0.3) is 0 Å². The summed E-state index contributed by atoms with van der Waals surface area (Å²) in [6, 6.07) is 10.1. The zero-order valence-electron chi connectivity index (χ0n) is 11.2. The first-order valence-corrected chi connectivity index (χ1v) is 6.90. The second-order valence-electron chi connectivity index (χ2n) is 5.05. The third-order valence-corrected chi connectivity index (χ3v) is 3.50. The zero-order valence-corrected chi connectivity index (χ0v) is 11.2. The standard InChI is InChI=1S/C15H18N4O/c20-15(18-13-6-8-16-11-13)10-12-2-4-14(5-3-12)19-9-1-7-17-19/h1-5,7,9,13,16H,6,8,10-11H2,(H,18,20). The predicted molar refractivity (Wildman–Crippen MR) is 76.7 cm³/mol. The summed E-state index contributed by atoms with van der Waals surface area (Å²) in [6.07, 6.45) is 5.09. The van der Waals surface area contributed by atoms with Gasteiger partial charge in [0.05, 0.1) is 12.1 Å². The van der Waals surface area contributed by atoms with E-state index < -0.39 is 0 Å². The number of benzene rings is 1. The second-order valence-corrected chi connectivity index (χ2v) is 5.05. The van der Waals surface area contributed by atoms with Gasteiger partial charge >= 0.3 is 0 Å². The number of rotatable bonds is 4. The average molecular weight is 270 g/mol. The van der Waals surface area contributed by atoms with Crippen LogP contribution in [0.15, 0.2) is 42.7 Å². The molecule has 0 saturated carbocycles. The molecule has 1 fully saturated rings. The molecule has 1 atom stereocenters. The van der Waals surface area contributed by atoms with Gasteiger partial charge in [0.15, 0.2) is 0 Å². The molecule has 2 aromatic rings. The number of nitrogens with one attached hydrogen (secondary N) is 2. The monoisotopic (exact) mass is 270 g/mol. The third kappa shape index (κ3) is 3.05. The summed E-state index contributed by atoms with van der Waals surface area (Å²) in [6.45, 7) is 1.87. The van der Waals surface area contributed by atoms with E-state index in [9.17, 15) is 4.79 Å². The fourth-order valence-electron chi connectivity index (χ4n) is 2.43. The highest BCUT2D eigenvalue weighted by molar-refractivity contribution is 5.79. The quantitative estimate of drug-likeness (QED) is 0.867. The molecule has 1 aromatic carbocycles. The van der Waals surface area contributed by atoms with Gasteiger partial charge in [-0.25, -0.2) is 4.68 Å². The van der Waals surface area contributed by atoms with Crippen LogP contribution in [0.5, 0.6) is 0 Å². The Bertz CT molecular complexity index is 556. The van der Waals surface area contributed by atoms with Gasteiger partial charge < -0.3 is 10.6 Å². The van der Waals surface area contributed by atoms with E-state index in [1.54, 1.807) is 10.9 Å². The van der Waals surface area contributed by atoms with Crippen molar-refractivity contribution in [1.82, 2.24) is 20.4 Å². The van der Waals surface area contributed by atoms with E-state index in [-0.39, 0.29) is 11.9 Å². The number of nitrogens with zero attached hydrogens (tertiary/aromatic N) is 2. The molecule has 1 saturated heterocycles. The minimum atomic E-state index is 0.0885. The molecule has 0 spiro atoms. The van der Waals surface area contributed by atoms with Crippen molar-refractivity contribution in [3.05, 3.63) is 48.3 Å². The highest BCUT2D eigenvalue weighted by Crippen LogP contribution is 2.09. The van der Waals surface area contributed by atoms with Crippen molar-refractivity contribution in [1.29, 1.82) is 0 Å². The van der Waals surface area contributed by atoms with Crippen LogP contribution in [0.4, 0.5) is 0 Å². The summed E-state index contributed by atoms with van der Waals surface area (Å²) in [5.41, 5.74) is 2.02. The molecule has 104 valence electrons. The lowest BCUT2D eigenvalue weighted by molar-refractivity contribution is -0.121. The van der Waals surface area contributed by atoms with E-state index in [1.807, 2.05) is 36.5 Å². The molecule has 20 heavy (non-hydrogen) atoms. The minimum Gasteiger partial charge on any atom is -0.352 e. The molecule has 3 rings (SSSR count). The van der Waals surface area contributed by atoms with E-state index in [0.717, 1.165) is 30.8 Å². The lowest BCUT2D eigenvalue weighted by Crippen LogP contribution is -2.37. The first-order chi connectivity index (χ1) is 9.81. The number of carbonyl (C=O) groups is 1.